The predicted octanol–water partition coefficient (Wildman–Crippen LogP) is 3.02. The van der Waals surface area contributed by atoms with Gasteiger partial charge < -0.3 is 14.7 Å². The van der Waals surface area contributed by atoms with E-state index in [1.165, 1.54) is 23.1 Å². The molecule has 1 aliphatic rings. The molecule has 0 bridgehead atoms. The summed E-state index contributed by atoms with van der Waals surface area (Å²) in [6.07, 6.45) is -0.00428. The number of hydrogen-bond donors (Lipinski definition) is 1. The minimum Gasteiger partial charge on any atom is -0.361 e. The van der Waals surface area contributed by atoms with Crippen LogP contribution in [0.15, 0.2) is 28.8 Å². The van der Waals surface area contributed by atoms with Crippen LogP contribution in [0.2, 0.25) is 0 Å². The molecule has 132 valence electrons. The molecule has 1 atom stereocenters. The van der Waals surface area contributed by atoms with Crippen LogP contribution in [0.1, 0.15) is 49.1 Å². The van der Waals surface area contributed by atoms with Crippen LogP contribution in [-0.2, 0) is 16.1 Å². The van der Waals surface area contributed by atoms with Crippen LogP contribution in [0.5, 0.6) is 0 Å². The number of halogens is 1. The van der Waals surface area contributed by atoms with E-state index in [1.807, 2.05) is 19.9 Å². The van der Waals surface area contributed by atoms with Crippen molar-refractivity contribution in [2.45, 2.75) is 38.6 Å². The average Bonchev–Trinajstić information content (AvgIpc) is 3.02. The van der Waals surface area contributed by atoms with Gasteiger partial charge in [0.25, 0.3) is 0 Å². The number of fused-ring (bicyclic) bond motifs is 1. The van der Waals surface area contributed by atoms with Crippen molar-refractivity contribution in [3.63, 3.8) is 0 Å². The Morgan fingerprint density at radius 2 is 2.20 bits per heavy atom. The van der Waals surface area contributed by atoms with E-state index in [0.29, 0.717) is 16.9 Å². The molecule has 0 saturated carbocycles. The van der Waals surface area contributed by atoms with Gasteiger partial charge in [-0.15, -0.1) is 0 Å². The number of anilines is 1. The molecule has 6 nitrogen and oxygen atoms in total. The van der Waals surface area contributed by atoms with Gasteiger partial charge in [0.05, 0.1) is 12.5 Å². The third-order valence-corrected chi connectivity index (χ3v) is 4.27. The number of hydrogen-bond acceptors (Lipinski definition) is 4. The van der Waals surface area contributed by atoms with Crippen molar-refractivity contribution >= 4 is 17.5 Å². The monoisotopic (exact) mass is 345 g/mol. The van der Waals surface area contributed by atoms with Gasteiger partial charge in [0, 0.05) is 31.1 Å². The Labute approximate surface area is 145 Å². The number of aromatic nitrogens is 1. The first-order valence-corrected chi connectivity index (χ1v) is 8.15. The molecule has 1 aromatic heterocycles. The molecular formula is C18H20FN3O3. The van der Waals surface area contributed by atoms with Gasteiger partial charge in [0.2, 0.25) is 11.8 Å². The lowest BCUT2D eigenvalue weighted by molar-refractivity contribution is -0.134. The van der Waals surface area contributed by atoms with Crippen molar-refractivity contribution in [3.05, 3.63) is 47.1 Å². The summed E-state index contributed by atoms with van der Waals surface area (Å²) in [7, 11) is 1.64. The molecule has 1 unspecified atom stereocenters. The molecule has 0 aliphatic carbocycles. The average molecular weight is 345 g/mol. The number of amides is 2. The van der Waals surface area contributed by atoms with E-state index in [0.717, 1.165) is 5.76 Å². The van der Waals surface area contributed by atoms with Gasteiger partial charge in [-0.2, -0.15) is 0 Å². The third-order valence-electron chi connectivity index (χ3n) is 4.27. The van der Waals surface area contributed by atoms with Crippen molar-refractivity contribution in [1.82, 2.24) is 10.1 Å². The fourth-order valence-electron chi connectivity index (χ4n) is 2.91. The van der Waals surface area contributed by atoms with Gasteiger partial charge in [-0.1, -0.05) is 19.0 Å². The van der Waals surface area contributed by atoms with Crippen molar-refractivity contribution in [3.8, 4) is 0 Å². The number of rotatable bonds is 4. The molecule has 2 aromatic rings. The smallest absolute Gasteiger partial charge is 0.230 e. The summed E-state index contributed by atoms with van der Waals surface area (Å²) >= 11 is 0. The summed E-state index contributed by atoms with van der Waals surface area (Å²) in [5.41, 5.74) is 1.62. The Morgan fingerprint density at radius 1 is 1.44 bits per heavy atom. The van der Waals surface area contributed by atoms with Crippen molar-refractivity contribution in [1.29, 1.82) is 0 Å². The number of nitrogens with zero attached hydrogens (tertiary/aromatic N) is 2. The van der Waals surface area contributed by atoms with Gasteiger partial charge in [-0.3, -0.25) is 9.59 Å². The maximum Gasteiger partial charge on any atom is 0.230 e. The highest BCUT2D eigenvalue weighted by molar-refractivity contribution is 6.01. The lowest BCUT2D eigenvalue weighted by Crippen LogP contribution is -2.36. The molecule has 1 N–H and O–H groups in total. The van der Waals surface area contributed by atoms with E-state index >= 15 is 0 Å². The number of likely N-dealkylation sites (N-methyl/N-ethyl adjacent to an activating group) is 1. The van der Waals surface area contributed by atoms with Crippen LogP contribution < -0.4 is 5.32 Å². The minimum absolute atomic E-state index is 0.00428. The van der Waals surface area contributed by atoms with Gasteiger partial charge in [0.1, 0.15) is 17.3 Å². The zero-order chi connectivity index (χ0) is 18.1. The Kier molecular flexibility index (Phi) is 4.57. The highest BCUT2D eigenvalue weighted by atomic mass is 19.1. The summed E-state index contributed by atoms with van der Waals surface area (Å²) in [5, 5.41) is 6.64. The quantitative estimate of drug-likeness (QED) is 0.924. The highest BCUT2D eigenvalue weighted by Gasteiger charge is 2.33. The van der Waals surface area contributed by atoms with Crippen molar-refractivity contribution < 1.29 is 18.5 Å². The molecule has 25 heavy (non-hydrogen) atoms. The van der Waals surface area contributed by atoms with E-state index in [9.17, 15) is 14.0 Å². The Balaban J connectivity index is 1.80. The molecule has 0 radical (unpaired) electrons. The molecule has 2 heterocycles. The lowest BCUT2D eigenvalue weighted by Gasteiger charge is -2.28. The zero-order valence-corrected chi connectivity index (χ0v) is 14.4. The Morgan fingerprint density at radius 3 is 2.88 bits per heavy atom. The maximum absolute atomic E-state index is 13.6. The lowest BCUT2D eigenvalue weighted by atomic mass is 9.89. The minimum atomic E-state index is -0.707. The number of carbonyl (C=O) groups is 2. The molecule has 0 saturated heterocycles. The second kappa shape index (κ2) is 6.66. The molecule has 3 rings (SSSR count). The van der Waals surface area contributed by atoms with Gasteiger partial charge in [0.15, 0.2) is 0 Å². The van der Waals surface area contributed by atoms with E-state index in [2.05, 4.69) is 10.5 Å². The topological polar surface area (TPSA) is 75.4 Å². The second-order valence-corrected chi connectivity index (χ2v) is 6.61. The third kappa shape index (κ3) is 3.55. The SMILES string of the molecule is CC(C)c1cc(CN(C)C(=O)C2CC(=O)Nc3ccc(F)cc32)no1. The first-order valence-electron chi connectivity index (χ1n) is 8.15. The van der Waals surface area contributed by atoms with Gasteiger partial charge >= 0.3 is 0 Å². The number of carbonyl (C=O) groups excluding carboxylic acids is 2. The van der Waals surface area contributed by atoms with E-state index < -0.39 is 11.7 Å². The molecule has 0 spiro atoms. The van der Waals surface area contributed by atoms with Crippen LogP contribution in [0.3, 0.4) is 0 Å². The maximum atomic E-state index is 13.6. The highest BCUT2D eigenvalue weighted by Crippen LogP contribution is 2.34. The fourth-order valence-corrected chi connectivity index (χ4v) is 2.91. The Bertz CT molecular complexity index is 816. The summed E-state index contributed by atoms with van der Waals surface area (Å²) in [6, 6.07) is 5.86. The van der Waals surface area contributed by atoms with Crippen LogP contribution in [0.4, 0.5) is 10.1 Å². The normalized spacial score (nSPS) is 16.5. The fraction of sp³-hybridized carbons (Fsp3) is 0.389. The van der Waals surface area contributed by atoms with Gasteiger partial charge in [-0.05, 0) is 23.8 Å². The van der Waals surface area contributed by atoms with Gasteiger partial charge in [-0.25, -0.2) is 4.39 Å². The van der Waals surface area contributed by atoms with Crippen molar-refractivity contribution in [2.24, 2.45) is 0 Å². The largest absolute Gasteiger partial charge is 0.361 e. The first-order chi connectivity index (χ1) is 11.8. The zero-order valence-electron chi connectivity index (χ0n) is 14.4. The van der Waals surface area contributed by atoms with Crippen LogP contribution in [0.25, 0.3) is 0 Å². The van der Waals surface area contributed by atoms with E-state index in [1.54, 1.807) is 7.05 Å². The van der Waals surface area contributed by atoms with E-state index in [-0.39, 0.29) is 30.7 Å². The summed E-state index contributed by atoms with van der Waals surface area (Å²) in [5.74, 6) is -0.695. The molecule has 1 aliphatic heterocycles. The summed E-state index contributed by atoms with van der Waals surface area (Å²) < 4.78 is 18.8. The molecule has 1 aromatic carbocycles. The molecule has 0 fully saturated rings. The summed E-state index contributed by atoms with van der Waals surface area (Å²) in [4.78, 5) is 26.2. The summed E-state index contributed by atoms with van der Waals surface area (Å²) in [6.45, 7) is 4.24. The first kappa shape index (κ1) is 17.1. The number of benzene rings is 1. The molecule has 7 heteroatoms. The van der Waals surface area contributed by atoms with Crippen LogP contribution in [0, 0.1) is 5.82 Å². The number of nitrogens with one attached hydrogen (secondary N) is 1. The molecule has 2 amide bonds. The standard InChI is InChI=1S/C18H20FN3O3/c1-10(2)16-7-12(21-25-16)9-22(3)18(24)14-8-17(23)20-15-5-4-11(19)6-13(14)15/h4-7,10,14H,8-9H2,1-3H3,(H,20,23). The van der Waals surface area contributed by atoms with E-state index in [4.69, 9.17) is 4.52 Å². The van der Waals surface area contributed by atoms with Crippen LogP contribution in [-0.4, -0.2) is 28.9 Å². The van der Waals surface area contributed by atoms with Crippen LogP contribution >= 0.6 is 0 Å². The van der Waals surface area contributed by atoms with Crippen molar-refractivity contribution in [2.75, 3.05) is 12.4 Å². The predicted molar refractivity (Wildman–Crippen MR) is 89.5 cm³/mol. The second-order valence-electron chi connectivity index (χ2n) is 6.61. The molecular weight excluding hydrogens is 325 g/mol. The Hall–Kier alpha value is -2.70.